The van der Waals surface area contributed by atoms with E-state index < -0.39 is 0 Å². The third-order valence-electron chi connectivity index (χ3n) is 4.70. The molecule has 1 amide bonds. The molecule has 0 saturated carbocycles. The van der Waals surface area contributed by atoms with E-state index in [-0.39, 0.29) is 12.4 Å². The molecule has 1 aliphatic rings. The van der Waals surface area contributed by atoms with Crippen molar-refractivity contribution in [1.82, 2.24) is 24.6 Å². The van der Waals surface area contributed by atoms with Crippen molar-refractivity contribution in [2.24, 2.45) is 0 Å². The van der Waals surface area contributed by atoms with E-state index in [2.05, 4.69) is 15.0 Å². The summed E-state index contributed by atoms with van der Waals surface area (Å²) in [6, 6.07) is 5.77. The second-order valence-corrected chi connectivity index (χ2v) is 7.87. The van der Waals surface area contributed by atoms with Crippen molar-refractivity contribution in [3.8, 4) is 0 Å². The lowest BCUT2D eigenvalue weighted by Gasteiger charge is -2.22. The van der Waals surface area contributed by atoms with Gasteiger partial charge in [0.1, 0.15) is 0 Å². The largest absolute Gasteiger partial charge is 0.483 e. The molecular weight excluding hydrogens is 414 g/mol. The lowest BCUT2D eigenvalue weighted by Crippen LogP contribution is -2.36. The van der Waals surface area contributed by atoms with Gasteiger partial charge in [0.05, 0.1) is 33.5 Å². The summed E-state index contributed by atoms with van der Waals surface area (Å²) in [4.78, 5) is 29.9. The topological polar surface area (TPSA) is 91.6 Å². The number of carboxylic acid groups (broad SMARTS) is 1. The highest BCUT2D eigenvalue weighted by Crippen LogP contribution is 2.20. The van der Waals surface area contributed by atoms with Gasteiger partial charge >= 0.3 is 0 Å². The molecule has 3 heterocycles. The number of hydrogen-bond donors (Lipinski definition) is 1. The van der Waals surface area contributed by atoms with Gasteiger partial charge in [-0.2, -0.15) is 5.10 Å². The molecule has 1 fully saturated rings. The van der Waals surface area contributed by atoms with Crippen molar-refractivity contribution in [2.75, 3.05) is 32.7 Å². The van der Waals surface area contributed by atoms with Crippen LogP contribution in [0.25, 0.3) is 10.2 Å². The Bertz CT molecular complexity index is 960. The normalized spacial score (nSPS) is 14.9. The quantitative estimate of drug-likeness (QED) is 0.633. The van der Waals surface area contributed by atoms with Crippen molar-refractivity contribution in [2.45, 2.75) is 13.0 Å². The van der Waals surface area contributed by atoms with Crippen LogP contribution in [0.2, 0.25) is 5.02 Å². The van der Waals surface area contributed by atoms with Crippen LogP contribution >= 0.6 is 22.9 Å². The Balaban J connectivity index is 0.000000755. The monoisotopic (exact) mass is 435 g/mol. The molecule has 154 valence electrons. The molecular formula is C19H22ClN5O3S. The molecule has 1 aliphatic heterocycles. The number of benzene rings is 1. The number of carbonyl (C=O) groups excluding carboxylic acids is 1. The lowest BCUT2D eigenvalue weighted by atomic mass is 10.2. The van der Waals surface area contributed by atoms with Gasteiger partial charge in [-0.1, -0.05) is 11.6 Å². The van der Waals surface area contributed by atoms with Gasteiger partial charge in [0.15, 0.2) is 0 Å². The summed E-state index contributed by atoms with van der Waals surface area (Å²) in [6.45, 7) is 4.88. The zero-order valence-corrected chi connectivity index (χ0v) is 17.3. The maximum Gasteiger partial charge on any atom is 0.290 e. The summed E-state index contributed by atoms with van der Waals surface area (Å²) in [5.74, 6) is 0.112. The van der Waals surface area contributed by atoms with E-state index in [1.807, 2.05) is 39.5 Å². The second-order valence-electron chi connectivity index (χ2n) is 6.55. The third kappa shape index (κ3) is 5.75. The van der Waals surface area contributed by atoms with Crippen molar-refractivity contribution >= 4 is 45.5 Å². The minimum Gasteiger partial charge on any atom is -0.483 e. The average molecular weight is 436 g/mol. The molecule has 0 unspecified atom stereocenters. The van der Waals surface area contributed by atoms with Crippen LogP contribution < -0.4 is 0 Å². The standard InChI is InChI=1S/C18H20ClN5OS.CH2O2/c19-15-11-21-24(12-15)9-7-22-4-1-5-23(8-6-22)18(25)14-2-3-16-17(10-14)26-13-20-16;2-1-3/h2-3,10-13H,1,4-9H2;1H,(H,2,3). The van der Waals surface area contributed by atoms with Crippen LogP contribution in [0, 0.1) is 0 Å². The molecule has 2 aromatic heterocycles. The van der Waals surface area contributed by atoms with Crippen LogP contribution in [0.1, 0.15) is 16.8 Å². The highest BCUT2D eigenvalue weighted by atomic mass is 35.5. The summed E-state index contributed by atoms with van der Waals surface area (Å²) in [5, 5.41) is 11.8. The number of nitrogens with zero attached hydrogens (tertiary/aromatic N) is 5. The number of thiazole rings is 1. The fourth-order valence-corrected chi connectivity index (χ4v) is 4.15. The molecule has 0 spiro atoms. The zero-order valence-electron chi connectivity index (χ0n) is 15.8. The molecule has 29 heavy (non-hydrogen) atoms. The summed E-state index contributed by atoms with van der Waals surface area (Å²) < 4.78 is 2.92. The Morgan fingerprint density at radius 3 is 2.83 bits per heavy atom. The smallest absolute Gasteiger partial charge is 0.290 e. The van der Waals surface area contributed by atoms with Crippen molar-refractivity contribution < 1.29 is 14.7 Å². The minimum atomic E-state index is -0.250. The fraction of sp³-hybridized carbons (Fsp3) is 0.368. The second kappa shape index (κ2) is 10.3. The predicted octanol–water partition coefficient (Wildman–Crippen LogP) is 2.70. The average Bonchev–Trinajstić information content (AvgIpc) is 3.29. The minimum absolute atomic E-state index is 0.112. The van der Waals surface area contributed by atoms with Crippen molar-refractivity contribution in [3.05, 3.63) is 46.7 Å². The molecule has 4 rings (SSSR count). The van der Waals surface area contributed by atoms with E-state index in [1.54, 1.807) is 17.5 Å². The molecule has 1 aromatic carbocycles. The number of halogens is 1. The predicted molar refractivity (Wildman–Crippen MR) is 113 cm³/mol. The van der Waals surface area contributed by atoms with Crippen LogP contribution in [-0.4, -0.2) is 74.8 Å². The maximum atomic E-state index is 12.9. The lowest BCUT2D eigenvalue weighted by molar-refractivity contribution is -0.122. The molecule has 0 radical (unpaired) electrons. The van der Waals surface area contributed by atoms with Crippen LogP contribution in [0.5, 0.6) is 0 Å². The van der Waals surface area contributed by atoms with Gasteiger partial charge in [-0.05, 0) is 31.2 Å². The first-order valence-electron chi connectivity index (χ1n) is 9.21. The summed E-state index contributed by atoms with van der Waals surface area (Å²) in [6.07, 6.45) is 4.48. The van der Waals surface area contributed by atoms with E-state index in [4.69, 9.17) is 21.5 Å². The van der Waals surface area contributed by atoms with Gasteiger partial charge in [-0.15, -0.1) is 11.3 Å². The number of amides is 1. The number of carbonyl (C=O) groups is 2. The molecule has 1 saturated heterocycles. The highest BCUT2D eigenvalue weighted by molar-refractivity contribution is 7.16. The van der Waals surface area contributed by atoms with E-state index in [9.17, 15) is 4.79 Å². The van der Waals surface area contributed by atoms with Crippen molar-refractivity contribution in [3.63, 3.8) is 0 Å². The number of rotatable bonds is 4. The van der Waals surface area contributed by atoms with Gasteiger partial charge in [-0.3, -0.25) is 19.2 Å². The Morgan fingerprint density at radius 2 is 2.07 bits per heavy atom. The van der Waals surface area contributed by atoms with Gasteiger partial charge in [0, 0.05) is 37.9 Å². The highest BCUT2D eigenvalue weighted by Gasteiger charge is 2.20. The molecule has 10 heteroatoms. The Labute approximate surface area is 177 Å². The van der Waals surface area contributed by atoms with Crippen LogP contribution in [0.3, 0.4) is 0 Å². The maximum absolute atomic E-state index is 12.9. The number of aromatic nitrogens is 3. The molecule has 0 aliphatic carbocycles. The third-order valence-corrected chi connectivity index (χ3v) is 5.69. The zero-order chi connectivity index (χ0) is 20.6. The summed E-state index contributed by atoms with van der Waals surface area (Å²) in [7, 11) is 0. The van der Waals surface area contributed by atoms with E-state index >= 15 is 0 Å². The van der Waals surface area contributed by atoms with Crippen LogP contribution in [0.4, 0.5) is 0 Å². The van der Waals surface area contributed by atoms with Crippen LogP contribution in [0.15, 0.2) is 36.1 Å². The number of hydrogen-bond acceptors (Lipinski definition) is 6. The Kier molecular flexibility index (Phi) is 7.56. The molecule has 1 N–H and O–H groups in total. The number of fused-ring (bicyclic) bond motifs is 1. The summed E-state index contributed by atoms with van der Waals surface area (Å²) in [5.41, 5.74) is 3.52. The first-order chi connectivity index (χ1) is 14.1. The van der Waals surface area contributed by atoms with E-state index in [1.165, 1.54) is 0 Å². The molecule has 0 bridgehead atoms. The first kappa shape index (κ1) is 21.2. The van der Waals surface area contributed by atoms with Crippen molar-refractivity contribution in [1.29, 1.82) is 0 Å². The molecule has 0 atom stereocenters. The van der Waals surface area contributed by atoms with Gasteiger partial charge in [0.2, 0.25) is 0 Å². The molecule has 8 nitrogen and oxygen atoms in total. The van der Waals surface area contributed by atoms with Gasteiger partial charge in [-0.25, -0.2) is 4.98 Å². The van der Waals surface area contributed by atoms with E-state index in [0.29, 0.717) is 5.02 Å². The van der Waals surface area contributed by atoms with Gasteiger partial charge < -0.3 is 10.0 Å². The van der Waals surface area contributed by atoms with Crippen LogP contribution in [-0.2, 0) is 11.3 Å². The van der Waals surface area contributed by atoms with E-state index in [0.717, 1.165) is 61.5 Å². The SMILES string of the molecule is O=C(c1ccc2ncsc2c1)N1CCCN(CCn2cc(Cl)cn2)CC1.O=CO. The van der Waals surface area contributed by atoms with Gasteiger partial charge in [0.25, 0.3) is 12.4 Å². The molecule has 3 aromatic rings. The first-order valence-corrected chi connectivity index (χ1v) is 10.5. The Hall–Kier alpha value is -2.49. The summed E-state index contributed by atoms with van der Waals surface area (Å²) >= 11 is 7.47. The Morgan fingerprint density at radius 1 is 1.24 bits per heavy atom. The fourth-order valence-electron chi connectivity index (χ4n) is 3.27.